The maximum atomic E-state index is 12.4. The zero-order chi connectivity index (χ0) is 22.0. The van der Waals surface area contributed by atoms with Crippen LogP contribution in [0.25, 0.3) is 0 Å². The van der Waals surface area contributed by atoms with E-state index in [-0.39, 0.29) is 12.3 Å². The Morgan fingerprint density at radius 1 is 0.893 bits per heavy atom. The van der Waals surface area contributed by atoms with E-state index < -0.39 is 66.8 Å². The molecule has 160 valence electrons. The van der Waals surface area contributed by atoms with E-state index in [4.69, 9.17) is 16.6 Å². The number of aliphatic carboxylic acids is 1. The van der Waals surface area contributed by atoms with E-state index in [1.165, 1.54) is 6.92 Å². The number of nitrogens with two attached hydrogens (primary N) is 2. The smallest absolute Gasteiger partial charge is 0.326 e. The Labute approximate surface area is 162 Å². The fraction of sp³-hybridized carbons (Fsp3) is 0.688. The molecule has 12 heteroatoms. The monoisotopic (exact) mass is 403 g/mol. The highest BCUT2D eigenvalue weighted by Gasteiger charge is 2.30. The van der Waals surface area contributed by atoms with Crippen molar-refractivity contribution < 1.29 is 34.2 Å². The summed E-state index contributed by atoms with van der Waals surface area (Å²) >= 11 is 0. The Morgan fingerprint density at radius 2 is 1.43 bits per heavy atom. The molecule has 0 aliphatic rings. The summed E-state index contributed by atoms with van der Waals surface area (Å²) in [5.74, 6) is -4.69. The molecule has 28 heavy (non-hydrogen) atoms. The molecule has 0 saturated heterocycles. The summed E-state index contributed by atoms with van der Waals surface area (Å²) in [4.78, 5) is 58.7. The molecule has 0 heterocycles. The summed E-state index contributed by atoms with van der Waals surface area (Å²) in [6.07, 6.45) is -0.424. The predicted molar refractivity (Wildman–Crippen MR) is 97.4 cm³/mol. The SMILES string of the molecule is CC(C)CC(NC(=O)C(CC(N)=O)NC(=O)C(C)NC(=O)C(N)CO)C(=O)O. The largest absolute Gasteiger partial charge is 0.480 e. The topological polar surface area (TPSA) is 214 Å². The van der Waals surface area contributed by atoms with E-state index >= 15 is 0 Å². The number of carbonyl (C=O) groups excluding carboxylic acids is 4. The number of carbonyl (C=O) groups is 5. The molecule has 0 saturated carbocycles. The lowest BCUT2D eigenvalue weighted by Crippen LogP contribution is -2.57. The molecule has 0 aliphatic heterocycles. The van der Waals surface area contributed by atoms with Crippen molar-refractivity contribution in [3.05, 3.63) is 0 Å². The van der Waals surface area contributed by atoms with Gasteiger partial charge in [-0.05, 0) is 19.3 Å². The van der Waals surface area contributed by atoms with Crippen molar-refractivity contribution in [2.45, 2.75) is 57.8 Å². The molecule has 4 amide bonds. The summed E-state index contributed by atoms with van der Waals surface area (Å²) in [6.45, 7) is 4.22. The van der Waals surface area contributed by atoms with E-state index in [1.807, 2.05) is 0 Å². The molecule has 0 aromatic carbocycles. The zero-order valence-corrected chi connectivity index (χ0v) is 16.1. The van der Waals surface area contributed by atoms with Crippen LogP contribution in [-0.4, -0.2) is 70.6 Å². The standard InChI is InChI=1S/C16H29N5O7/c1-7(2)4-11(16(27)28)21-15(26)10(5-12(18)23)20-13(24)8(3)19-14(25)9(17)6-22/h7-11,22H,4-6,17H2,1-3H3,(H2,18,23)(H,19,25)(H,20,24)(H,21,26)(H,27,28). The third-order valence-corrected chi connectivity index (χ3v) is 3.65. The third kappa shape index (κ3) is 9.28. The minimum absolute atomic E-state index is 0.0310. The van der Waals surface area contributed by atoms with Gasteiger partial charge >= 0.3 is 5.97 Å². The average molecular weight is 403 g/mol. The summed E-state index contributed by atoms with van der Waals surface area (Å²) in [5.41, 5.74) is 10.4. The maximum absolute atomic E-state index is 12.4. The van der Waals surface area contributed by atoms with Gasteiger partial charge in [0.1, 0.15) is 24.2 Å². The molecule has 12 nitrogen and oxygen atoms in total. The van der Waals surface area contributed by atoms with E-state index in [0.29, 0.717) is 0 Å². The van der Waals surface area contributed by atoms with Crippen molar-refractivity contribution in [3.8, 4) is 0 Å². The van der Waals surface area contributed by atoms with Crippen LogP contribution in [0.2, 0.25) is 0 Å². The maximum Gasteiger partial charge on any atom is 0.326 e. The number of amides is 4. The van der Waals surface area contributed by atoms with Crippen molar-refractivity contribution in [1.29, 1.82) is 0 Å². The van der Waals surface area contributed by atoms with Crippen molar-refractivity contribution >= 4 is 29.6 Å². The number of hydrogen-bond acceptors (Lipinski definition) is 7. The first-order valence-electron chi connectivity index (χ1n) is 8.67. The molecular formula is C16H29N5O7. The number of nitrogens with one attached hydrogen (secondary N) is 3. The number of carboxylic acids is 1. The lowest BCUT2D eigenvalue weighted by Gasteiger charge is -2.23. The van der Waals surface area contributed by atoms with Crippen molar-refractivity contribution in [2.24, 2.45) is 17.4 Å². The van der Waals surface area contributed by atoms with E-state index in [0.717, 1.165) is 0 Å². The van der Waals surface area contributed by atoms with Crippen LogP contribution in [0.1, 0.15) is 33.6 Å². The second kappa shape index (κ2) is 11.9. The lowest BCUT2D eigenvalue weighted by molar-refractivity contribution is -0.143. The quantitative estimate of drug-likeness (QED) is 0.175. The number of rotatable bonds is 12. The zero-order valence-electron chi connectivity index (χ0n) is 16.1. The highest BCUT2D eigenvalue weighted by Crippen LogP contribution is 2.06. The second-order valence-electron chi connectivity index (χ2n) is 6.78. The van der Waals surface area contributed by atoms with Crippen LogP contribution < -0.4 is 27.4 Å². The molecule has 0 aliphatic carbocycles. The van der Waals surface area contributed by atoms with Gasteiger partial charge in [-0.1, -0.05) is 13.8 Å². The average Bonchev–Trinajstić information content (AvgIpc) is 2.58. The van der Waals surface area contributed by atoms with E-state index in [1.54, 1.807) is 13.8 Å². The van der Waals surface area contributed by atoms with Crippen LogP contribution >= 0.6 is 0 Å². The van der Waals surface area contributed by atoms with Gasteiger partial charge in [0, 0.05) is 0 Å². The molecule has 0 bridgehead atoms. The Kier molecular flexibility index (Phi) is 10.7. The van der Waals surface area contributed by atoms with Gasteiger partial charge in [-0.15, -0.1) is 0 Å². The molecule has 4 unspecified atom stereocenters. The van der Waals surface area contributed by atoms with Crippen LogP contribution in [0.4, 0.5) is 0 Å². The highest BCUT2D eigenvalue weighted by atomic mass is 16.4. The van der Waals surface area contributed by atoms with Gasteiger partial charge in [-0.25, -0.2) is 4.79 Å². The van der Waals surface area contributed by atoms with E-state index in [2.05, 4.69) is 16.0 Å². The minimum Gasteiger partial charge on any atom is -0.480 e. The first-order chi connectivity index (χ1) is 12.9. The molecule has 0 spiro atoms. The highest BCUT2D eigenvalue weighted by molar-refractivity contribution is 5.95. The van der Waals surface area contributed by atoms with Gasteiger partial charge in [-0.3, -0.25) is 19.2 Å². The molecule has 0 rings (SSSR count). The van der Waals surface area contributed by atoms with Gasteiger partial charge < -0.3 is 37.6 Å². The van der Waals surface area contributed by atoms with Crippen LogP contribution in [0.3, 0.4) is 0 Å². The number of primary amides is 1. The Bertz CT molecular complexity index is 596. The van der Waals surface area contributed by atoms with Gasteiger partial charge in [0.05, 0.1) is 13.0 Å². The molecule has 0 radical (unpaired) electrons. The number of aliphatic hydroxyl groups is 1. The summed E-state index contributed by atoms with van der Waals surface area (Å²) in [7, 11) is 0. The molecule has 4 atom stereocenters. The summed E-state index contributed by atoms with van der Waals surface area (Å²) < 4.78 is 0. The second-order valence-corrected chi connectivity index (χ2v) is 6.78. The number of aliphatic hydroxyl groups excluding tert-OH is 1. The van der Waals surface area contributed by atoms with Gasteiger partial charge in [0.15, 0.2) is 0 Å². The molecule has 0 aromatic rings. The van der Waals surface area contributed by atoms with Crippen molar-refractivity contribution in [1.82, 2.24) is 16.0 Å². The van der Waals surface area contributed by atoms with Crippen LogP contribution in [0, 0.1) is 5.92 Å². The summed E-state index contributed by atoms with van der Waals surface area (Å²) in [5, 5.41) is 24.8. The molecule has 0 aromatic heterocycles. The van der Waals surface area contributed by atoms with Gasteiger partial charge in [0.25, 0.3) is 0 Å². The number of carboxylic acid groups (broad SMARTS) is 1. The number of hydrogen-bond donors (Lipinski definition) is 7. The first kappa shape index (κ1) is 25.3. The molecular weight excluding hydrogens is 374 g/mol. The molecule has 0 fully saturated rings. The van der Waals surface area contributed by atoms with E-state index in [9.17, 15) is 29.1 Å². The summed E-state index contributed by atoms with van der Waals surface area (Å²) in [6, 6.07) is -5.00. The van der Waals surface area contributed by atoms with Gasteiger partial charge in [-0.2, -0.15) is 0 Å². The van der Waals surface area contributed by atoms with Crippen LogP contribution in [-0.2, 0) is 24.0 Å². The fourth-order valence-electron chi connectivity index (χ4n) is 2.14. The Balaban J connectivity index is 5.12. The predicted octanol–water partition coefficient (Wildman–Crippen LogP) is -3.21. The third-order valence-electron chi connectivity index (χ3n) is 3.65. The van der Waals surface area contributed by atoms with Crippen LogP contribution in [0.15, 0.2) is 0 Å². The van der Waals surface area contributed by atoms with Gasteiger partial charge in [0.2, 0.25) is 23.6 Å². The van der Waals surface area contributed by atoms with Crippen molar-refractivity contribution in [3.63, 3.8) is 0 Å². The Hall–Kier alpha value is -2.73. The normalized spacial score (nSPS) is 15.1. The Morgan fingerprint density at radius 3 is 1.86 bits per heavy atom. The molecule has 9 N–H and O–H groups in total. The minimum atomic E-state index is -1.43. The van der Waals surface area contributed by atoms with Crippen LogP contribution in [0.5, 0.6) is 0 Å². The fourth-order valence-corrected chi connectivity index (χ4v) is 2.14. The lowest BCUT2D eigenvalue weighted by atomic mass is 10.0. The van der Waals surface area contributed by atoms with Crippen molar-refractivity contribution in [2.75, 3.05) is 6.61 Å². The first-order valence-corrected chi connectivity index (χ1v) is 8.67.